The van der Waals surface area contributed by atoms with Crippen molar-refractivity contribution in [1.29, 1.82) is 0 Å². The highest BCUT2D eigenvalue weighted by atomic mass is 127. The molecular formula is C16H24FIN6. The molecule has 8 heteroatoms. The molecule has 2 N–H and O–H groups in total. The number of rotatable bonds is 5. The predicted molar refractivity (Wildman–Crippen MR) is 104 cm³/mol. The lowest BCUT2D eigenvalue weighted by molar-refractivity contribution is 0.607. The summed E-state index contributed by atoms with van der Waals surface area (Å²) >= 11 is 0. The second-order valence-corrected chi connectivity index (χ2v) is 5.37. The number of benzene rings is 1. The maximum atomic E-state index is 13.7. The first-order valence-corrected chi connectivity index (χ1v) is 7.65. The fourth-order valence-electron chi connectivity index (χ4n) is 2.10. The number of hydrogen-bond acceptors (Lipinski definition) is 3. The molecule has 0 saturated heterocycles. The van der Waals surface area contributed by atoms with Crippen molar-refractivity contribution in [2.45, 2.75) is 33.4 Å². The average Bonchev–Trinajstić information content (AvgIpc) is 2.93. The lowest BCUT2D eigenvalue weighted by Crippen LogP contribution is -2.38. The summed E-state index contributed by atoms with van der Waals surface area (Å²) in [5.41, 5.74) is 1.51. The number of aliphatic imine (C=N–C) groups is 1. The van der Waals surface area contributed by atoms with Gasteiger partial charge in [0.15, 0.2) is 5.96 Å². The van der Waals surface area contributed by atoms with Crippen LogP contribution in [0.2, 0.25) is 0 Å². The number of halogens is 2. The van der Waals surface area contributed by atoms with E-state index in [1.165, 1.54) is 6.33 Å². The smallest absolute Gasteiger partial charge is 0.192 e. The van der Waals surface area contributed by atoms with Crippen molar-refractivity contribution in [3.8, 4) is 0 Å². The molecule has 0 aliphatic carbocycles. The standard InChI is InChI=1S/C16H23FN6.HI/c1-5-18-16(19-9-15-20-10-21-23(15)4)22-12(3)13-7-6-11(2)14(17)8-13;/h6-8,10,12H,5,9H2,1-4H3,(H2,18,19,22);1H. The highest BCUT2D eigenvalue weighted by Gasteiger charge is 2.10. The molecule has 132 valence electrons. The van der Waals surface area contributed by atoms with Crippen LogP contribution in [0.4, 0.5) is 4.39 Å². The summed E-state index contributed by atoms with van der Waals surface area (Å²) in [6.07, 6.45) is 1.50. The minimum absolute atomic E-state index is 0. The third-order valence-corrected chi connectivity index (χ3v) is 3.58. The van der Waals surface area contributed by atoms with Gasteiger partial charge in [0, 0.05) is 13.6 Å². The minimum Gasteiger partial charge on any atom is -0.357 e. The van der Waals surface area contributed by atoms with Gasteiger partial charge in [-0.05, 0) is 38.0 Å². The number of nitrogens with one attached hydrogen (secondary N) is 2. The number of hydrogen-bond donors (Lipinski definition) is 2. The number of guanidine groups is 1. The zero-order valence-electron chi connectivity index (χ0n) is 14.4. The summed E-state index contributed by atoms with van der Waals surface area (Å²) in [6, 6.07) is 5.19. The zero-order valence-corrected chi connectivity index (χ0v) is 16.7. The van der Waals surface area contributed by atoms with Gasteiger partial charge in [0.25, 0.3) is 0 Å². The Morgan fingerprint density at radius 1 is 1.42 bits per heavy atom. The van der Waals surface area contributed by atoms with Crippen LogP contribution in [0.5, 0.6) is 0 Å². The Morgan fingerprint density at radius 2 is 2.17 bits per heavy atom. The van der Waals surface area contributed by atoms with Gasteiger partial charge in [-0.25, -0.2) is 14.4 Å². The quantitative estimate of drug-likeness (QED) is 0.421. The summed E-state index contributed by atoms with van der Waals surface area (Å²) in [7, 11) is 1.83. The molecule has 1 heterocycles. The third-order valence-electron chi connectivity index (χ3n) is 3.58. The van der Waals surface area contributed by atoms with Crippen molar-refractivity contribution in [2.75, 3.05) is 6.54 Å². The van der Waals surface area contributed by atoms with Gasteiger partial charge >= 0.3 is 0 Å². The molecule has 0 saturated carbocycles. The molecule has 0 fully saturated rings. The maximum Gasteiger partial charge on any atom is 0.192 e. The van der Waals surface area contributed by atoms with E-state index in [0.29, 0.717) is 18.1 Å². The molecule has 2 aromatic rings. The Balaban J connectivity index is 0.00000288. The lowest BCUT2D eigenvalue weighted by atomic mass is 10.1. The van der Waals surface area contributed by atoms with Gasteiger partial charge in [0.2, 0.25) is 0 Å². The Hall–Kier alpha value is -1.71. The van der Waals surface area contributed by atoms with Crippen molar-refractivity contribution < 1.29 is 4.39 Å². The second kappa shape index (κ2) is 9.55. The summed E-state index contributed by atoms with van der Waals surface area (Å²) in [5, 5.41) is 10.5. The first-order valence-electron chi connectivity index (χ1n) is 7.65. The number of aromatic nitrogens is 3. The fraction of sp³-hybridized carbons (Fsp3) is 0.438. The lowest BCUT2D eigenvalue weighted by Gasteiger charge is -2.18. The Bertz CT molecular complexity index is 685. The molecule has 0 aliphatic rings. The highest BCUT2D eigenvalue weighted by Crippen LogP contribution is 2.16. The highest BCUT2D eigenvalue weighted by molar-refractivity contribution is 14.0. The van der Waals surface area contributed by atoms with Crippen molar-refractivity contribution in [2.24, 2.45) is 12.0 Å². The first kappa shape index (κ1) is 20.3. The minimum atomic E-state index is -0.197. The van der Waals surface area contributed by atoms with E-state index < -0.39 is 0 Å². The molecule has 1 unspecified atom stereocenters. The Labute approximate surface area is 159 Å². The SMILES string of the molecule is CCNC(=NCc1ncnn1C)NC(C)c1ccc(C)c(F)c1.I. The van der Waals surface area contributed by atoms with Gasteiger partial charge in [0.05, 0.1) is 6.04 Å². The van der Waals surface area contributed by atoms with Crippen LogP contribution >= 0.6 is 24.0 Å². The van der Waals surface area contributed by atoms with E-state index in [0.717, 1.165) is 17.9 Å². The van der Waals surface area contributed by atoms with Crippen LogP contribution in [0.3, 0.4) is 0 Å². The predicted octanol–water partition coefficient (Wildman–Crippen LogP) is 2.70. The maximum absolute atomic E-state index is 13.7. The summed E-state index contributed by atoms with van der Waals surface area (Å²) in [4.78, 5) is 8.65. The van der Waals surface area contributed by atoms with Crippen molar-refractivity contribution in [1.82, 2.24) is 25.4 Å². The van der Waals surface area contributed by atoms with Crippen molar-refractivity contribution in [3.05, 3.63) is 47.3 Å². The van der Waals surface area contributed by atoms with E-state index in [1.807, 2.05) is 27.0 Å². The summed E-state index contributed by atoms with van der Waals surface area (Å²) < 4.78 is 15.4. The molecule has 0 radical (unpaired) electrons. The van der Waals surface area contributed by atoms with Gasteiger partial charge in [-0.1, -0.05) is 12.1 Å². The summed E-state index contributed by atoms with van der Waals surface area (Å²) in [6.45, 7) is 6.87. The van der Waals surface area contributed by atoms with Crippen LogP contribution in [0.15, 0.2) is 29.5 Å². The normalized spacial score (nSPS) is 12.5. The molecule has 1 aromatic carbocycles. The third kappa shape index (κ3) is 5.43. The largest absolute Gasteiger partial charge is 0.357 e. The van der Waals surface area contributed by atoms with Crippen LogP contribution in [-0.2, 0) is 13.6 Å². The van der Waals surface area contributed by atoms with Crippen molar-refractivity contribution >= 4 is 29.9 Å². The van der Waals surface area contributed by atoms with E-state index in [2.05, 4.69) is 25.7 Å². The van der Waals surface area contributed by atoms with Crippen LogP contribution in [0, 0.1) is 12.7 Å². The van der Waals surface area contributed by atoms with E-state index in [9.17, 15) is 4.39 Å². The molecule has 1 atom stereocenters. The first-order chi connectivity index (χ1) is 11.0. The molecule has 6 nitrogen and oxygen atoms in total. The number of nitrogens with zero attached hydrogens (tertiary/aromatic N) is 4. The average molecular weight is 446 g/mol. The summed E-state index contributed by atoms with van der Waals surface area (Å²) in [5.74, 6) is 1.23. The molecule has 24 heavy (non-hydrogen) atoms. The zero-order chi connectivity index (χ0) is 16.8. The van der Waals surface area contributed by atoms with Gasteiger partial charge in [-0.3, -0.25) is 4.68 Å². The van der Waals surface area contributed by atoms with Gasteiger partial charge in [-0.15, -0.1) is 24.0 Å². The van der Waals surface area contributed by atoms with Crippen LogP contribution < -0.4 is 10.6 Å². The van der Waals surface area contributed by atoms with Crippen LogP contribution in [0.1, 0.15) is 36.8 Å². The molecule has 0 amide bonds. The molecule has 0 aliphatic heterocycles. The van der Waals surface area contributed by atoms with E-state index in [4.69, 9.17) is 0 Å². The number of aryl methyl sites for hydroxylation is 2. The molecule has 0 bridgehead atoms. The molecule has 1 aromatic heterocycles. The monoisotopic (exact) mass is 446 g/mol. The fourth-order valence-corrected chi connectivity index (χ4v) is 2.10. The van der Waals surface area contributed by atoms with Gasteiger partial charge in [0.1, 0.15) is 24.5 Å². The topological polar surface area (TPSA) is 67.1 Å². The Kier molecular flexibility index (Phi) is 8.09. The molecular weight excluding hydrogens is 422 g/mol. The van der Waals surface area contributed by atoms with Crippen LogP contribution in [0.25, 0.3) is 0 Å². The Morgan fingerprint density at radius 3 is 2.75 bits per heavy atom. The van der Waals surface area contributed by atoms with Gasteiger partial charge in [-0.2, -0.15) is 5.10 Å². The molecule has 2 rings (SSSR count). The second-order valence-electron chi connectivity index (χ2n) is 5.37. The van der Waals surface area contributed by atoms with Gasteiger partial charge < -0.3 is 10.6 Å². The van der Waals surface area contributed by atoms with E-state index >= 15 is 0 Å². The van der Waals surface area contributed by atoms with E-state index in [1.54, 1.807) is 23.7 Å². The molecule has 0 spiro atoms. The van der Waals surface area contributed by atoms with Crippen molar-refractivity contribution in [3.63, 3.8) is 0 Å². The van der Waals surface area contributed by atoms with E-state index in [-0.39, 0.29) is 35.8 Å². The van der Waals surface area contributed by atoms with Crippen LogP contribution in [-0.4, -0.2) is 27.3 Å².